The third-order valence-corrected chi connectivity index (χ3v) is 7.12. The van der Waals surface area contributed by atoms with Gasteiger partial charge in [0.15, 0.2) is 0 Å². The van der Waals surface area contributed by atoms with Crippen LogP contribution in [0.1, 0.15) is 15.9 Å². The average molecular weight is 559 g/mol. The Morgan fingerprint density at radius 3 is 1.93 bits per heavy atom. The van der Waals surface area contributed by atoms with Crippen LogP contribution in [-0.4, -0.2) is 41.6 Å². The first-order valence-electron chi connectivity index (χ1n) is 12.5. The van der Waals surface area contributed by atoms with Crippen molar-refractivity contribution in [1.82, 2.24) is 0 Å². The normalized spacial score (nSPS) is 11.4. The fourth-order valence-electron chi connectivity index (χ4n) is 3.53. The second kappa shape index (κ2) is 13.0. The predicted octanol–water partition coefficient (Wildman–Crippen LogP) is 6.51. The molecule has 4 rings (SSSR count). The molecule has 0 aliphatic carbocycles. The molecule has 9 nitrogen and oxygen atoms in total. The van der Waals surface area contributed by atoms with Gasteiger partial charge < -0.3 is 15.0 Å². The van der Waals surface area contributed by atoms with E-state index in [0.29, 0.717) is 22.7 Å². The number of nitrogens with zero attached hydrogens (tertiary/aromatic N) is 3. The molecule has 4 aromatic rings. The van der Waals surface area contributed by atoms with Crippen molar-refractivity contribution in [3.63, 3.8) is 0 Å². The van der Waals surface area contributed by atoms with Crippen molar-refractivity contribution in [2.24, 2.45) is 10.2 Å². The molecule has 0 saturated heterocycles. The molecule has 0 spiro atoms. The van der Waals surface area contributed by atoms with Crippen LogP contribution in [0.4, 0.5) is 22.7 Å². The molecule has 0 aliphatic rings. The lowest BCUT2D eigenvalue weighted by atomic mass is 10.2. The Balaban J connectivity index is 1.24. The molecular formula is C30H30N4O5S. The van der Waals surface area contributed by atoms with E-state index in [1.54, 1.807) is 60.7 Å². The molecule has 0 saturated carbocycles. The monoisotopic (exact) mass is 558 g/mol. The summed E-state index contributed by atoms with van der Waals surface area (Å²) < 4.78 is 35.0. The van der Waals surface area contributed by atoms with Crippen molar-refractivity contribution in [2.75, 3.05) is 37.5 Å². The Hall–Kier alpha value is -4.54. The minimum absolute atomic E-state index is 0.0295. The largest absolute Gasteiger partial charge is 0.491 e. The lowest BCUT2D eigenvalue weighted by Crippen LogP contribution is -2.13. The number of ether oxygens (including phenoxy) is 1. The summed E-state index contributed by atoms with van der Waals surface area (Å²) in [6.45, 7) is 1.76. The van der Waals surface area contributed by atoms with Crippen LogP contribution in [0.15, 0.2) is 112 Å². The molecule has 1 amide bonds. The number of hydrogen-bond acceptors (Lipinski definition) is 8. The van der Waals surface area contributed by atoms with Crippen LogP contribution in [0, 0.1) is 6.92 Å². The maximum Gasteiger partial charge on any atom is 0.297 e. The van der Waals surface area contributed by atoms with Gasteiger partial charge in [0.2, 0.25) is 0 Å². The second-order valence-electron chi connectivity index (χ2n) is 9.07. The Morgan fingerprint density at radius 1 is 0.775 bits per heavy atom. The minimum Gasteiger partial charge on any atom is -0.491 e. The summed E-state index contributed by atoms with van der Waals surface area (Å²) in [7, 11) is 0.105. The van der Waals surface area contributed by atoms with Crippen LogP contribution in [-0.2, 0) is 14.3 Å². The maximum absolute atomic E-state index is 12.6. The average Bonchev–Trinajstić information content (AvgIpc) is 2.96. The molecule has 0 fully saturated rings. The van der Waals surface area contributed by atoms with Crippen LogP contribution in [0.3, 0.4) is 0 Å². The van der Waals surface area contributed by atoms with E-state index in [9.17, 15) is 13.2 Å². The first-order chi connectivity index (χ1) is 19.2. The third kappa shape index (κ3) is 7.98. The van der Waals surface area contributed by atoms with E-state index in [1.165, 1.54) is 12.1 Å². The Morgan fingerprint density at radius 2 is 1.35 bits per heavy atom. The zero-order valence-electron chi connectivity index (χ0n) is 22.4. The number of hydrogen-bond donors (Lipinski definition) is 1. The van der Waals surface area contributed by atoms with Gasteiger partial charge in [-0.3, -0.25) is 8.98 Å². The van der Waals surface area contributed by atoms with Gasteiger partial charge in [0.1, 0.15) is 19.0 Å². The highest BCUT2D eigenvalue weighted by Crippen LogP contribution is 2.23. The molecule has 0 heterocycles. The van der Waals surface area contributed by atoms with Crippen LogP contribution in [0.25, 0.3) is 0 Å². The number of nitrogens with one attached hydrogen (secondary N) is 1. The summed E-state index contributed by atoms with van der Waals surface area (Å²) in [6.07, 6.45) is 0. The fourth-order valence-corrected chi connectivity index (χ4v) is 4.42. The number of amides is 1. The lowest BCUT2D eigenvalue weighted by Gasteiger charge is -2.11. The summed E-state index contributed by atoms with van der Waals surface area (Å²) in [5.41, 5.74) is 4.50. The Bertz CT molecular complexity index is 1550. The molecule has 10 heteroatoms. The first kappa shape index (κ1) is 28.5. The summed E-state index contributed by atoms with van der Waals surface area (Å²) in [5, 5.41) is 11.3. The zero-order valence-corrected chi connectivity index (χ0v) is 23.3. The summed E-state index contributed by atoms with van der Waals surface area (Å²) in [6, 6.07) is 27.7. The molecule has 0 bridgehead atoms. The Labute approximate surface area is 234 Å². The van der Waals surface area contributed by atoms with Crippen molar-refractivity contribution in [3.8, 4) is 5.75 Å². The van der Waals surface area contributed by atoms with E-state index >= 15 is 0 Å². The minimum atomic E-state index is -3.85. The van der Waals surface area contributed by atoms with E-state index in [1.807, 2.05) is 50.2 Å². The number of anilines is 2. The molecule has 0 atom stereocenters. The predicted molar refractivity (Wildman–Crippen MR) is 156 cm³/mol. The van der Waals surface area contributed by atoms with Gasteiger partial charge in [0.05, 0.1) is 16.3 Å². The zero-order chi connectivity index (χ0) is 28.5. The highest BCUT2D eigenvalue weighted by atomic mass is 32.2. The van der Waals surface area contributed by atoms with Crippen molar-refractivity contribution in [1.29, 1.82) is 0 Å². The van der Waals surface area contributed by atoms with Crippen molar-refractivity contribution < 1.29 is 22.1 Å². The van der Waals surface area contributed by atoms with Crippen LogP contribution in [0.5, 0.6) is 5.75 Å². The van der Waals surface area contributed by atoms with Crippen molar-refractivity contribution >= 4 is 38.8 Å². The van der Waals surface area contributed by atoms with Gasteiger partial charge in [-0.25, -0.2) is 0 Å². The first-order valence-corrected chi connectivity index (χ1v) is 13.9. The van der Waals surface area contributed by atoms with Crippen molar-refractivity contribution in [3.05, 3.63) is 108 Å². The summed E-state index contributed by atoms with van der Waals surface area (Å²) in [5.74, 6) is 0.202. The number of carbonyl (C=O) groups is 1. The van der Waals surface area contributed by atoms with Gasteiger partial charge in [0.25, 0.3) is 16.0 Å². The number of aryl methyl sites for hydroxylation is 1. The summed E-state index contributed by atoms with van der Waals surface area (Å²) in [4.78, 5) is 14.7. The number of benzene rings is 4. The van der Waals surface area contributed by atoms with Gasteiger partial charge in [-0.15, -0.1) is 0 Å². The molecule has 40 heavy (non-hydrogen) atoms. The van der Waals surface area contributed by atoms with Gasteiger partial charge in [-0.1, -0.05) is 17.7 Å². The molecule has 0 aromatic heterocycles. The molecular weight excluding hydrogens is 528 g/mol. The van der Waals surface area contributed by atoms with Crippen LogP contribution in [0.2, 0.25) is 0 Å². The highest BCUT2D eigenvalue weighted by molar-refractivity contribution is 7.86. The van der Waals surface area contributed by atoms with Gasteiger partial charge >= 0.3 is 0 Å². The molecule has 0 unspecified atom stereocenters. The van der Waals surface area contributed by atoms with Gasteiger partial charge in [-0.2, -0.15) is 18.6 Å². The smallest absolute Gasteiger partial charge is 0.297 e. The van der Waals surface area contributed by atoms with Crippen LogP contribution >= 0.6 is 0 Å². The van der Waals surface area contributed by atoms with Crippen LogP contribution < -0.4 is 15.0 Å². The van der Waals surface area contributed by atoms with E-state index in [2.05, 4.69) is 15.5 Å². The van der Waals surface area contributed by atoms with Gasteiger partial charge in [-0.05, 0) is 91.9 Å². The molecule has 0 radical (unpaired) electrons. The molecule has 0 aliphatic heterocycles. The topological polar surface area (TPSA) is 110 Å². The van der Waals surface area contributed by atoms with Gasteiger partial charge in [0, 0.05) is 31.0 Å². The number of carbonyl (C=O) groups excluding carboxylic acids is 1. The molecule has 206 valence electrons. The number of azo groups is 1. The standard InChI is InChI=1S/C30H30N4O5S/c1-22-4-18-29(19-5-22)40(36,37)39-21-20-38-28-16-6-23(7-17-28)30(35)31-24-8-10-25(11-9-24)32-33-26-12-14-27(15-13-26)34(2)3/h4-19H,20-21H2,1-3H3,(H,31,35). The third-order valence-electron chi connectivity index (χ3n) is 5.79. The Kier molecular flexibility index (Phi) is 9.26. The highest BCUT2D eigenvalue weighted by Gasteiger charge is 2.14. The van der Waals surface area contributed by atoms with E-state index in [0.717, 1.165) is 16.9 Å². The fraction of sp³-hybridized carbons (Fsp3) is 0.167. The van der Waals surface area contributed by atoms with E-state index < -0.39 is 10.1 Å². The molecule has 4 aromatic carbocycles. The molecule has 1 N–H and O–H groups in total. The number of rotatable bonds is 11. The van der Waals surface area contributed by atoms with E-state index in [-0.39, 0.29) is 24.0 Å². The van der Waals surface area contributed by atoms with E-state index in [4.69, 9.17) is 8.92 Å². The quantitative estimate of drug-likeness (QED) is 0.128. The van der Waals surface area contributed by atoms with Crippen molar-refractivity contribution in [2.45, 2.75) is 11.8 Å². The summed E-state index contributed by atoms with van der Waals surface area (Å²) >= 11 is 0. The second-order valence-corrected chi connectivity index (χ2v) is 10.7. The SMILES string of the molecule is Cc1ccc(S(=O)(=O)OCCOc2ccc(C(=O)Nc3ccc(N=Nc4ccc(N(C)C)cc4)cc3)cc2)cc1. The lowest BCUT2D eigenvalue weighted by molar-refractivity contribution is 0.102. The maximum atomic E-state index is 12.6.